The molecular formula is C16H18ClN3O2S2. The van der Waals surface area contributed by atoms with E-state index in [1.54, 1.807) is 18.2 Å². The number of rotatable bonds is 4. The van der Waals surface area contributed by atoms with Crippen molar-refractivity contribution in [2.24, 2.45) is 5.14 Å². The summed E-state index contributed by atoms with van der Waals surface area (Å²) in [4.78, 5) is 0.0773. The first-order valence-corrected chi connectivity index (χ1v) is 9.46. The van der Waals surface area contributed by atoms with Gasteiger partial charge >= 0.3 is 0 Å². The lowest BCUT2D eigenvalue weighted by atomic mass is 10.1. The molecule has 128 valence electrons. The molecule has 0 bridgehead atoms. The average molecular weight is 384 g/mol. The monoisotopic (exact) mass is 383 g/mol. The van der Waals surface area contributed by atoms with E-state index in [-0.39, 0.29) is 10.9 Å². The Morgan fingerprint density at radius 2 is 1.83 bits per heavy atom. The Balaban J connectivity index is 2.01. The lowest BCUT2D eigenvalue weighted by Gasteiger charge is -2.18. The van der Waals surface area contributed by atoms with E-state index < -0.39 is 10.0 Å². The van der Waals surface area contributed by atoms with E-state index in [1.165, 1.54) is 12.1 Å². The second kappa shape index (κ2) is 7.48. The van der Waals surface area contributed by atoms with Gasteiger partial charge in [0, 0.05) is 10.7 Å². The zero-order valence-electron chi connectivity index (χ0n) is 13.2. The quantitative estimate of drug-likeness (QED) is 0.705. The molecule has 0 aliphatic rings. The van der Waals surface area contributed by atoms with Crippen LogP contribution in [0.5, 0.6) is 0 Å². The molecule has 4 N–H and O–H groups in total. The Bertz CT molecular complexity index is 852. The summed E-state index contributed by atoms with van der Waals surface area (Å²) in [7, 11) is -3.69. The molecule has 8 heteroatoms. The molecule has 1 atom stereocenters. The van der Waals surface area contributed by atoms with Gasteiger partial charge in [0.05, 0.1) is 10.9 Å². The van der Waals surface area contributed by atoms with Crippen molar-refractivity contribution in [3.8, 4) is 0 Å². The number of benzene rings is 2. The van der Waals surface area contributed by atoms with Gasteiger partial charge in [0.15, 0.2) is 5.11 Å². The van der Waals surface area contributed by atoms with Crippen LogP contribution in [0.15, 0.2) is 47.4 Å². The van der Waals surface area contributed by atoms with Gasteiger partial charge in [-0.15, -0.1) is 0 Å². The zero-order chi connectivity index (χ0) is 17.9. The van der Waals surface area contributed by atoms with Crippen LogP contribution < -0.4 is 15.8 Å². The van der Waals surface area contributed by atoms with Crippen LogP contribution in [0, 0.1) is 6.92 Å². The van der Waals surface area contributed by atoms with Crippen molar-refractivity contribution in [2.75, 3.05) is 5.32 Å². The summed E-state index contributed by atoms with van der Waals surface area (Å²) >= 11 is 11.4. The first-order valence-electron chi connectivity index (χ1n) is 7.13. The van der Waals surface area contributed by atoms with E-state index in [0.717, 1.165) is 16.8 Å². The number of halogens is 1. The van der Waals surface area contributed by atoms with Gasteiger partial charge in [-0.25, -0.2) is 13.6 Å². The van der Waals surface area contributed by atoms with Crippen molar-refractivity contribution in [1.29, 1.82) is 0 Å². The summed E-state index contributed by atoms with van der Waals surface area (Å²) in [6.07, 6.45) is 0. The molecule has 2 aromatic carbocycles. The van der Waals surface area contributed by atoms with Crippen molar-refractivity contribution in [2.45, 2.75) is 24.8 Å². The van der Waals surface area contributed by atoms with Gasteiger partial charge in [0.2, 0.25) is 10.0 Å². The molecule has 0 saturated carbocycles. The van der Waals surface area contributed by atoms with Gasteiger partial charge in [-0.05, 0) is 61.5 Å². The molecule has 0 aliphatic heterocycles. The van der Waals surface area contributed by atoms with Crippen molar-refractivity contribution >= 4 is 44.6 Å². The predicted octanol–water partition coefficient (Wildman–Crippen LogP) is 3.34. The van der Waals surface area contributed by atoms with E-state index in [9.17, 15) is 8.42 Å². The number of hydrogen-bond acceptors (Lipinski definition) is 3. The summed E-state index contributed by atoms with van der Waals surface area (Å²) in [6, 6.07) is 11.8. The zero-order valence-corrected chi connectivity index (χ0v) is 15.6. The Morgan fingerprint density at radius 3 is 2.38 bits per heavy atom. The van der Waals surface area contributed by atoms with Gasteiger partial charge in [-0.1, -0.05) is 29.8 Å². The number of nitrogens with two attached hydrogens (primary N) is 1. The van der Waals surface area contributed by atoms with Crippen LogP contribution in [0.4, 0.5) is 5.69 Å². The van der Waals surface area contributed by atoms with Gasteiger partial charge in [-0.3, -0.25) is 0 Å². The van der Waals surface area contributed by atoms with Gasteiger partial charge in [-0.2, -0.15) is 0 Å². The Labute approximate surface area is 152 Å². The molecule has 0 aliphatic carbocycles. The Kier molecular flexibility index (Phi) is 5.82. The van der Waals surface area contributed by atoms with Crippen LogP contribution in [0.3, 0.4) is 0 Å². The molecule has 2 rings (SSSR count). The summed E-state index contributed by atoms with van der Waals surface area (Å²) in [6.45, 7) is 3.85. The van der Waals surface area contributed by atoms with Crippen LogP contribution in [0.2, 0.25) is 5.02 Å². The fraction of sp³-hybridized carbons (Fsp3) is 0.188. The second-order valence-electron chi connectivity index (χ2n) is 5.40. The lowest BCUT2D eigenvalue weighted by molar-refractivity contribution is 0.597. The average Bonchev–Trinajstić information content (AvgIpc) is 2.50. The number of nitrogens with one attached hydrogen (secondary N) is 2. The molecule has 0 fully saturated rings. The molecule has 0 heterocycles. The normalized spacial score (nSPS) is 12.5. The van der Waals surface area contributed by atoms with Crippen LogP contribution in [-0.4, -0.2) is 13.5 Å². The van der Waals surface area contributed by atoms with Crippen LogP contribution in [-0.2, 0) is 10.0 Å². The molecule has 5 nitrogen and oxygen atoms in total. The maximum atomic E-state index is 11.3. The third kappa shape index (κ3) is 4.91. The van der Waals surface area contributed by atoms with Gasteiger partial charge < -0.3 is 10.6 Å². The largest absolute Gasteiger partial charge is 0.356 e. The second-order valence-corrected chi connectivity index (χ2v) is 7.78. The number of hydrogen-bond donors (Lipinski definition) is 3. The number of thiocarbonyl (C=S) groups is 1. The first-order chi connectivity index (χ1) is 11.2. The fourth-order valence-corrected chi connectivity index (χ4v) is 3.05. The summed E-state index contributed by atoms with van der Waals surface area (Å²) in [5.41, 5.74) is 2.66. The molecule has 0 spiro atoms. The highest BCUT2D eigenvalue weighted by Gasteiger charge is 2.11. The standard InChI is InChI=1S/C16H18ClN3O2S2/c1-10-3-6-13(9-15(10)17)20-16(23)19-11(2)12-4-7-14(8-5-12)24(18,21)22/h3-9,11H,1-2H3,(H2,18,21,22)(H2,19,20,23)/t11-/m1/s1. The minimum absolute atomic E-state index is 0.0773. The number of aryl methyl sites for hydroxylation is 1. The highest BCUT2D eigenvalue weighted by atomic mass is 35.5. The summed E-state index contributed by atoms with van der Waals surface area (Å²) in [5.74, 6) is 0. The summed E-state index contributed by atoms with van der Waals surface area (Å²) in [5, 5.41) is 12.4. The molecule has 24 heavy (non-hydrogen) atoms. The number of sulfonamides is 1. The van der Waals surface area contributed by atoms with Crippen molar-refractivity contribution < 1.29 is 8.42 Å². The molecule has 0 amide bonds. The topological polar surface area (TPSA) is 84.2 Å². The van der Waals surface area contributed by atoms with E-state index in [0.29, 0.717) is 10.1 Å². The highest BCUT2D eigenvalue weighted by Crippen LogP contribution is 2.20. The smallest absolute Gasteiger partial charge is 0.238 e. The van der Waals surface area contributed by atoms with E-state index in [4.69, 9.17) is 29.0 Å². The maximum absolute atomic E-state index is 11.3. The van der Waals surface area contributed by atoms with Crippen molar-refractivity contribution in [1.82, 2.24) is 5.32 Å². The van der Waals surface area contributed by atoms with Crippen LogP contribution in [0.1, 0.15) is 24.1 Å². The molecule has 0 radical (unpaired) electrons. The minimum Gasteiger partial charge on any atom is -0.356 e. The minimum atomic E-state index is -3.69. The fourth-order valence-electron chi connectivity index (χ4n) is 2.06. The van der Waals surface area contributed by atoms with E-state index in [2.05, 4.69) is 10.6 Å². The highest BCUT2D eigenvalue weighted by molar-refractivity contribution is 7.89. The third-order valence-electron chi connectivity index (χ3n) is 3.49. The molecule has 0 saturated heterocycles. The van der Waals surface area contributed by atoms with E-state index in [1.807, 2.05) is 26.0 Å². The maximum Gasteiger partial charge on any atom is 0.238 e. The lowest BCUT2D eigenvalue weighted by Crippen LogP contribution is -2.30. The Morgan fingerprint density at radius 1 is 1.21 bits per heavy atom. The summed E-state index contributed by atoms with van der Waals surface area (Å²) < 4.78 is 22.5. The van der Waals surface area contributed by atoms with Gasteiger partial charge in [0.1, 0.15) is 0 Å². The van der Waals surface area contributed by atoms with Crippen molar-refractivity contribution in [3.05, 3.63) is 58.6 Å². The molecule has 0 unspecified atom stereocenters. The van der Waals surface area contributed by atoms with Gasteiger partial charge in [0.25, 0.3) is 0 Å². The SMILES string of the molecule is Cc1ccc(NC(=S)N[C@H](C)c2ccc(S(N)(=O)=O)cc2)cc1Cl. The van der Waals surface area contributed by atoms with Crippen LogP contribution in [0.25, 0.3) is 0 Å². The van der Waals surface area contributed by atoms with Crippen LogP contribution >= 0.6 is 23.8 Å². The first kappa shape index (κ1) is 18.7. The third-order valence-corrected chi connectivity index (χ3v) is 5.04. The molecule has 2 aromatic rings. The number of primary sulfonamides is 1. The number of anilines is 1. The Hall–Kier alpha value is -1.67. The molecular weight excluding hydrogens is 366 g/mol. The van der Waals surface area contributed by atoms with E-state index >= 15 is 0 Å². The predicted molar refractivity (Wildman–Crippen MR) is 102 cm³/mol. The van der Waals surface area contributed by atoms with Crippen molar-refractivity contribution in [3.63, 3.8) is 0 Å². The molecule has 0 aromatic heterocycles.